The van der Waals surface area contributed by atoms with E-state index in [1.807, 2.05) is 13.0 Å². The fourth-order valence-corrected chi connectivity index (χ4v) is 2.94. The third kappa shape index (κ3) is 5.22. The van der Waals surface area contributed by atoms with Gasteiger partial charge in [0, 0.05) is 19.0 Å². The number of para-hydroxylation sites is 1. The molecule has 0 aliphatic rings. The number of fused-ring (bicyclic) bond motifs is 1. The van der Waals surface area contributed by atoms with Crippen LogP contribution in [0, 0.1) is 0 Å². The maximum atomic E-state index is 12.6. The van der Waals surface area contributed by atoms with Crippen molar-refractivity contribution in [1.29, 1.82) is 0 Å². The Morgan fingerprint density at radius 2 is 2.03 bits per heavy atom. The molecule has 1 aromatic carbocycles. The first-order valence-corrected chi connectivity index (χ1v) is 9.60. The third-order valence-electron chi connectivity index (χ3n) is 4.57. The maximum absolute atomic E-state index is 12.6. The maximum Gasteiger partial charge on any atom is 0.305 e. The van der Waals surface area contributed by atoms with Crippen LogP contribution < -0.4 is 5.56 Å². The van der Waals surface area contributed by atoms with E-state index < -0.39 is 0 Å². The molecule has 3 rings (SSSR count). The van der Waals surface area contributed by atoms with Gasteiger partial charge in [0.25, 0.3) is 5.56 Å². The summed E-state index contributed by atoms with van der Waals surface area (Å²) in [6.07, 6.45) is 3.64. The van der Waals surface area contributed by atoms with Gasteiger partial charge in [0.2, 0.25) is 5.91 Å². The van der Waals surface area contributed by atoms with Gasteiger partial charge in [-0.05, 0) is 37.3 Å². The molecule has 0 radical (unpaired) electrons. The van der Waals surface area contributed by atoms with Gasteiger partial charge in [-0.25, -0.2) is 4.98 Å². The Bertz CT molecular complexity index is 1130. The van der Waals surface area contributed by atoms with Crippen molar-refractivity contribution in [2.45, 2.75) is 26.3 Å². The van der Waals surface area contributed by atoms with Crippen LogP contribution in [-0.4, -0.2) is 40.4 Å². The Balaban J connectivity index is 1.66. The number of rotatable bonds is 8. The van der Waals surface area contributed by atoms with E-state index in [1.54, 1.807) is 41.3 Å². The molecule has 0 bridgehead atoms. The van der Waals surface area contributed by atoms with E-state index >= 15 is 0 Å². The van der Waals surface area contributed by atoms with Gasteiger partial charge < -0.3 is 19.0 Å². The second kappa shape index (κ2) is 9.69. The number of nitrogens with zero attached hydrogens (tertiary/aromatic N) is 2. The van der Waals surface area contributed by atoms with Gasteiger partial charge >= 0.3 is 5.97 Å². The van der Waals surface area contributed by atoms with Crippen LogP contribution in [0.4, 0.5) is 0 Å². The third-order valence-corrected chi connectivity index (χ3v) is 4.57. The molecule has 0 aliphatic heterocycles. The Morgan fingerprint density at radius 3 is 2.80 bits per heavy atom. The number of ether oxygens (including phenoxy) is 1. The number of carbonyl (C=O) groups excluding carboxylic acids is 2. The zero-order chi connectivity index (χ0) is 21.5. The minimum atomic E-state index is -0.308. The average Bonchev–Trinajstić information content (AvgIpc) is 3.22. The fourth-order valence-electron chi connectivity index (χ4n) is 2.94. The van der Waals surface area contributed by atoms with Gasteiger partial charge in [-0.3, -0.25) is 14.4 Å². The average molecular weight is 409 g/mol. The zero-order valence-electron chi connectivity index (χ0n) is 16.9. The molecule has 1 amide bonds. The molecule has 0 spiro atoms. The summed E-state index contributed by atoms with van der Waals surface area (Å²) in [4.78, 5) is 44.7. The highest BCUT2D eigenvalue weighted by Gasteiger charge is 2.12. The molecular weight excluding hydrogens is 386 g/mol. The summed E-state index contributed by atoms with van der Waals surface area (Å²) in [6.45, 7) is 2.48. The second-order valence-electron chi connectivity index (χ2n) is 6.60. The summed E-state index contributed by atoms with van der Waals surface area (Å²) in [7, 11) is 1.34. The monoisotopic (exact) mass is 409 g/mol. The van der Waals surface area contributed by atoms with Crippen LogP contribution in [0.5, 0.6) is 0 Å². The van der Waals surface area contributed by atoms with E-state index in [4.69, 9.17) is 4.42 Å². The quantitative estimate of drug-likeness (QED) is 0.453. The topological polar surface area (TPSA) is 106 Å². The lowest BCUT2D eigenvalue weighted by atomic mass is 10.2. The van der Waals surface area contributed by atoms with Crippen molar-refractivity contribution in [3.05, 3.63) is 70.2 Å². The van der Waals surface area contributed by atoms with Gasteiger partial charge in [-0.2, -0.15) is 0 Å². The van der Waals surface area contributed by atoms with Crippen molar-refractivity contribution in [3.8, 4) is 0 Å². The normalized spacial score (nSPS) is 11.1. The van der Waals surface area contributed by atoms with Crippen LogP contribution in [0.1, 0.15) is 30.7 Å². The highest BCUT2D eigenvalue weighted by atomic mass is 16.5. The van der Waals surface area contributed by atoms with Crippen LogP contribution in [-0.2, 0) is 27.3 Å². The number of benzene rings is 1. The van der Waals surface area contributed by atoms with Crippen molar-refractivity contribution in [3.63, 3.8) is 0 Å². The van der Waals surface area contributed by atoms with Crippen molar-refractivity contribution >= 4 is 28.9 Å². The lowest BCUT2D eigenvalue weighted by Gasteiger charge is -2.18. The molecule has 1 N–H and O–H groups in total. The number of amides is 1. The van der Waals surface area contributed by atoms with Gasteiger partial charge in [0.15, 0.2) is 0 Å². The number of nitrogens with one attached hydrogen (secondary N) is 1. The van der Waals surface area contributed by atoms with Crippen molar-refractivity contribution in [1.82, 2.24) is 14.9 Å². The second-order valence-corrected chi connectivity index (χ2v) is 6.60. The number of methoxy groups -OCH3 is 1. The summed E-state index contributed by atoms with van der Waals surface area (Å²) in [5, 5.41) is 0.511. The number of hydrogen-bond acceptors (Lipinski definition) is 6. The summed E-state index contributed by atoms with van der Waals surface area (Å²) in [5.41, 5.74) is 0.357. The summed E-state index contributed by atoms with van der Waals surface area (Å²) in [5.74, 6) is 1.03. The van der Waals surface area contributed by atoms with Crippen LogP contribution in [0.2, 0.25) is 0 Å². The predicted octanol–water partition coefficient (Wildman–Crippen LogP) is 2.68. The Labute approximate surface area is 173 Å². The largest absolute Gasteiger partial charge is 0.469 e. The number of carbonyl (C=O) groups is 2. The molecule has 156 valence electrons. The molecule has 0 fully saturated rings. The number of likely N-dealkylation sites (N-methyl/N-ethyl adjacent to an activating group) is 1. The molecule has 8 nitrogen and oxygen atoms in total. The van der Waals surface area contributed by atoms with Crippen molar-refractivity contribution in [2.75, 3.05) is 13.7 Å². The van der Waals surface area contributed by atoms with Gasteiger partial charge in [0.05, 0.1) is 31.0 Å². The number of aromatic amines is 1. The van der Waals surface area contributed by atoms with E-state index in [0.717, 1.165) is 0 Å². The molecule has 0 aliphatic carbocycles. The van der Waals surface area contributed by atoms with Crippen LogP contribution in [0.25, 0.3) is 17.0 Å². The standard InChI is InChI=1S/C22H23N3O5/c1-3-25(14-19-23-18-7-5-4-6-17(18)22(28)24-19)20(26)12-10-15-8-9-16(30-15)11-13-21(27)29-2/h4-10,12H,3,11,13-14H2,1-2H3,(H,23,24,28)/b12-10+. The zero-order valence-corrected chi connectivity index (χ0v) is 16.9. The Morgan fingerprint density at radius 1 is 1.23 bits per heavy atom. The van der Waals surface area contributed by atoms with E-state index in [-0.39, 0.29) is 30.4 Å². The first kappa shape index (κ1) is 21.0. The lowest BCUT2D eigenvalue weighted by Crippen LogP contribution is -2.30. The summed E-state index contributed by atoms with van der Waals surface area (Å²) < 4.78 is 10.2. The first-order chi connectivity index (χ1) is 14.5. The number of esters is 1. The van der Waals surface area contributed by atoms with Gasteiger partial charge in [0.1, 0.15) is 17.3 Å². The molecule has 0 saturated carbocycles. The van der Waals surface area contributed by atoms with Crippen LogP contribution in [0.3, 0.4) is 0 Å². The highest BCUT2D eigenvalue weighted by molar-refractivity contribution is 5.91. The van der Waals surface area contributed by atoms with E-state index in [2.05, 4.69) is 14.7 Å². The predicted molar refractivity (Wildman–Crippen MR) is 112 cm³/mol. The van der Waals surface area contributed by atoms with Gasteiger partial charge in [-0.15, -0.1) is 0 Å². The highest BCUT2D eigenvalue weighted by Crippen LogP contribution is 2.13. The minimum Gasteiger partial charge on any atom is -0.469 e. The molecule has 0 saturated heterocycles. The number of H-pyrrole nitrogens is 1. The van der Waals surface area contributed by atoms with Gasteiger partial charge in [-0.1, -0.05) is 12.1 Å². The van der Waals surface area contributed by atoms with Crippen LogP contribution >= 0.6 is 0 Å². The van der Waals surface area contributed by atoms with E-state index in [9.17, 15) is 14.4 Å². The molecule has 8 heteroatoms. The van der Waals surface area contributed by atoms with Crippen molar-refractivity contribution in [2.24, 2.45) is 0 Å². The SMILES string of the molecule is CCN(Cc1nc2ccccc2c(=O)[nH]1)C(=O)/C=C/c1ccc(CCC(=O)OC)o1. The molecule has 0 atom stereocenters. The van der Waals surface area contributed by atoms with E-state index in [1.165, 1.54) is 13.2 Å². The molecule has 2 heterocycles. The summed E-state index contributed by atoms with van der Waals surface area (Å²) in [6, 6.07) is 10.6. The fraction of sp³-hybridized carbons (Fsp3) is 0.273. The molecular formula is C22H23N3O5. The Kier molecular flexibility index (Phi) is 6.79. The number of furan rings is 1. The molecule has 3 aromatic rings. The summed E-state index contributed by atoms with van der Waals surface area (Å²) >= 11 is 0. The number of aromatic nitrogens is 2. The number of hydrogen-bond donors (Lipinski definition) is 1. The molecule has 0 unspecified atom stereocenters. The van der Waals surface area contributed by atoms with Crippen LogP contribution in [0.15, 0.2) is 51.7 Å². The molecule has 30 heavy (non-hydrogen) atoms. The smallest absolute Gasteiger partial charge is 0.305 e. The number of aryl methyl sites for hydroxylation is 1. The van der Waals surface area contributed by atoms with Crippen molar-refractivity contribution < 1.29 is 18.7 Å². The molecule has 2 aromatic heterocycles. The van der Waals surface area contributed by atoms with E-state index in [0.29, 0.717) is 41.2 Å². The Hall–Kier alpha value is -3.68. The lowest BCUT2D eigenvalue weighted by molar-refractivity contribution is -0.140. The first-order valence-electron chi connectivity index (χ1n) is 9.60. The minimum absolute atomic E-state index is 0.183.